The van der Waals surface area contributed by atoms with E-state index in [9.17, 15) is 0 Å². The second kappa shape index (κ2) is 7.43. The number of hydrogen-bond donors (Lipinski definition) is 2. The van der Waals surface area contributed by atoms with Crippen LogP contribution >= 0.6 is 12.2 Å². The quantitative estimate of drug-likeness (QED) is 0.822. The fraction of sp³-hybridized carbons (Fsp3) is 0.500. The zero-order valence-electron chi connectivity index (χ0n) is 11.3. The van der Waals surface area contributed by atoms with Gasteiger partial charge in [0.1, 0.15) is 0 Å². The van der Waals surface area contributed by atoms with E-state index < -0.39 is 0 Å². The average molecular weight is 279 g/mol. The van der Waals surface area contributed by atoms with Crippen molar-refractivity contribution in [2.75, 3.05) is 38.2 Å². The number of nitrogens with zero attached hydrogens (tertiary/aromatic N) is 1. The zero-order valence-corrected chi connectivity index (χ0v) is 12.1. The Balaban J connectivity index is 1.85. The van der Waals surface area contributed by atoms with Gasteiger partial charge in [0.2, 0.25) is 0 Å². The summed E-state index contributed by atoms with van der Waals surface area (Å²) in [5.74, 6) is 0. The molecule has 1 saturated heterocycles. The molecule has 1 fully saturated rings. The van der Waals surface area contributed by atoms with E-state index in [4.69, 9.17) is 17.0 Å². The highest BCUT2D eigenvalue weighted by Gasteiger charge is 2.10. The molecule has 19 heavy (non-hydrogen) atoms. The van der Waals surface area contributed by atoms with Crippen molar-refractivity contribution in [3.05, 3.63) is 29.8 Å². The van der Waals surface area contributed by atoms with Crippen molar-refractivity contribution in [1.82, 2.24) is 10.2 Å². The molecular weight excluding hydrogens is 258 g/mol. The highest BCUT2D eigenvalue weighted by molar-refractivity contribution is 7.80. The van der Waals surface area contributed by atoms with Gasteiger partial charge in [0.15, 0.2) is 5.11 Å². The van der Waals surface area contributed by atoms with E-state index in [1.807, 2.05) is 6.92 Å². The van der Waals surface area contributed by atoms with Crippen molar-refractivity contribution in [2.24, 2.45) is 0 Å². The molecule has 1 aliphatic rings. The molecule has 2 N–H and O–H groups in total. The lowest BCUT2D eigenvalue weighted by molar-refractivity contribution is 0.0342. The molecular formula is C14H21N3OS. The zero-order chi connectivity index (χ0) is 13.5. The first-order valence-corrected chi connectivity index (χ1v) is 7.12. The van der Waals surface area contributed by atoms with E-state index in [-0.39, 0.29) is 0 Å². The van der Waals surface area contributed by atoms with Crippen LogP contribution in [0.3, 0.4) is 0 Å². The Morgan fingerprint density at radius 1 is 1.26 bits per heavy atom. The summed E-state index contributed by atoms with van der Waals surface area (Å²) >= 11 is 5.15. The summed E-state index contributed by atoms with van der Waals surface area (Å²) in [7, 11) is 0. The van der Waals surface area contributed by atoms with Crippen LogP contribution in [0.25, 0.3) is 0 Å². The maximum atomic E-state index is 5.35. The van der Waals surface area contributed by atoms with Crippen LogP contribution in [0.1, 0.15) is 12.5 Å². The predicted octanol–water partition coefficient (Wildman–Crippen LogP) is 1.83. The van der Waals surface area contributed by atoms with Gasteiger partial charge in [-0.25, -0.2) is 0 Å². The number of hydrogen-bond acceptors (Lipinski definition) is 3. The molecule has 0 unspecified atom stereocenters. The Kier molecular flexibility index (Phi) is 5.57. The minimum atomic E-state index is 0.670. The first kappa shape index (κ1) is 14.2. The van der Waals surface area contributed by atoms with Crippen molar-refractivity contribution in [3.8, 4) is 0 Å². The lowest BCUT2D eigenvalue weighted by Gasteiger charge is -2.26. The second-order valence-corrected chi connectivity index (χ2v) is 4.98. The van der Waals surface area contributed by atoms with Crippen LogP contribution in [0.4, 0.5) is 5.69 Å². The monoisotopic (exact) mass is 279 g/mol. The number of benzene rings is 1. The second-order valence-electron chi connectivity index (χ2n) is 4.57. The van der Waals surface area contributed by atoms with E-state index in [0.29, 0.717) is 5.11 Å². The molecule has 1 heterocycles. The number of nitrogens with one attached hydrogen (secondary N) is 2. The minimum Gasteiger partial charge on any atom is -0.379 e. The third-order valence-corrected chi connectivity index (χ3v) is 3.31. The fourth-order valence-electron chi connectivity index (χ4n) is 2.05. The third kappa shape index (κ3) is 4.78. The molecule has 0 atom stereocenters. The van der Waals surface area contributed by atoms with E-state index in [1.165, 1.54) is 5.56 Å². The highest BCUT2D eigenvalue weighted by atomic mass is 32.1. The summed E-state index contributed by atoms with van der Waals surface area (Å²) in [4.78, 5) is 2.41. The maximum absolute atomic E-state index is 5.35. The van der Waals surface area contributed by atoms with Gasteiger partial charge in [0, 0.05) is 31.9 Å². The Labute approximate surface area is 120 Å². The number of anilines is 1. The molecule has 2 rings (SSSR count). The lowest BCUT2D eigenvalue weighted by Crippen LogP contribution is -2.35. The molecule has 1 aromatic rings. The highest BCUT2D eigenvalue weighted by Crippen LogP contribution is 2.12. The molecule has 1 aromatic carbocycles. The molecule has 104 valence electrons. The fourth-order valence-corrected chi connectivity index (χ4v) is 2.31. The van der Waals surface area contributed by atoms with Gasteiger partial charge in [0.25, 0.3) is 0 Å². The predicted molar refractivity (Wildman–Crippen MR) is 82.4 cm³/mol. The minimum absolute atomic E-state index is 0.670. The van der Waals surface area contributed by atoms with Crippen molar-refractivity contribution in [1.29, 1.82) is 0 Å². The number of morpholine rings is 1. The van der Waals surface area contributed by atoms with Gasteiger partial charge in [-0.15, -0.1) is 0 Å². The van der Waals surface area contributed by atoms with Gasteiger partial charge < -0.3 is 15.4 Å². The van der Waals surface area contributed by atoms with Gasteiger partial charge in [-0.1, -0.05) is 12.1 Å². The van der Waals surface area contributed by atoms with E-state index >= 15 is 0 Å². The summed E-state index contributed by atoms with van der Waals surface area (Å²) < 4.78 is 5.35. The van der Waals surface area contributed by atoms with Crippen LogP contribution in [0.15, 0.2) is 24.3 Å². The largest absolute Gasteiger partial charge is 0.379 e. The SMILES string of the molecule is CCNC(=S)Nc1ccc(CN2CCOCC2)cc1. The standard InChI is InChI=1S/C14H21N3OS/c1-2-15-14(19)16-13-5-3-12(4-6-13)11-17-7-9-18-10-8-17/h3-6H,2,7-11H2,1H3,(H2,15,16,19). The van der Waals surface area contributed by atoms with Crippen molar-refractivity contribution >= 4 is 23.0 Å². The normalized spacial score (nSPS) is 16.1. The van der Waals surface area contributed by atoms with Crippen LogP contribution in [0, 0.1) is 0 Å². The molecule has 0 amide bonds. The van der Waals surface area contributed by atoms with Gasteiger partial charge in [-0.2, -0.15) is 0 Å². The van der Waals surface area contributed by atoms with Crippen molar-refractivity contribution in [2.45, 2.75) is 13.5 Å². The summed E-state index contributed by atoms with van der Waals surface area (Å²) in [6.07, 6.45) is 0. The number of ether oxygens (including phenoxy) is 1. The van der Waals surface area contributed by atoms with Crippen LogP contribution in [0.5, 0.6) is 0 Å². The molecule has 0 bridgehead atoms. The molecule has 0 saturated carbocycles. The Morgan fingerprint density at radius 2 is 1.95 bits per heavy atom. The van der Waals surface area contributed by atoms with Gasteiger partial charge >= 0.3 is 0 Å². The smallest absolute Gasteiger partial charge is 0.170 e. The van der Waals surface area contributed by atoms with E-state index in [2.05, 4.69) is 39.8 Å². The third-order valence-electron chi connectivity index (χ3n) is 3.06. The Morgan fingerprint density at radius 3 is 2.58 bits per heavy atom. The summed E-state index contributed by atoms with van der Waals surface area (Å²) in [5.41, 5.74) is 2.35. The molecule has 0 aliphatic carbocycles. The van der Waals surface area contributed by atoms with Crippen molar-refractivity contribution < 1.29 is 4.74 Å². The summed E-state index contributed by atoms with van der Waals surface area (Å²) in [6.45, 7) is 7.57. The maximum Gasteiger partial charge on any atom is 0.170 e. The summed E-state index contributed by atoms with van der Waals surface area (Å²) in [5, 5.41) is 6.90. The Hall–Kier alpha value is -1.17. The van der Waals surface area contributed by atoms with Crippen LogP contribution in [0.2, 0.25) is 0 Å². The van der Waals surface area contributed by atoms with Crippen LogP contribution < -0.4 is 10.6 Å². The van der Waals surface area contributed by atoms with Gasteiger partial charge in [-0.05, 0) is 36.8 Å². The van der Waals surface area contributed by atoms with Crippen molar-refractivity contribution in [3.63, 3.8) is 0 Å². The molecule has 0 aromatic heterocycles. The number of rotatable bonds is 4. The molecule has 0 radical (unpaired) electrons. The van der Waals surface area contributed by atoms with Crippen LogP contribution in [-0.4, -0.2) is 42.9 Å². The van der Waals surface area contributed by atoms with Gasteiger partial charge in [0.05, 0.1) is 13.2 Å². The van der Waals surface area contributed by atoms with Gasteiger partial charge in [-0.3, -0.25) is 4.90 Å². The molecule has 1 aliphatic heterocycles. The average Bonchev–Trinajstić information content (AvgIpc) is 2.42. The topological polar surface area (TPSA) is 36.5 Å². The summed E-state index contributed by atoms with van der Waals surface area (Å²) in [6, 6.07) is 8.43. The van der Waals surface area contributed by atoms with E-state index in [1.54, 1.807) is 0 Å². The molecule has 4 nitrogen and oxygen atoms in total. The first-order chi connectivity index (χ1) is 9.28. The first-order valence-electron chi connectivity index (χ1n) is 6.72. The molecule has 0 spiro atoms. The number of thiocarbonyl (C=S) groups is 1. The van der Waals surface area contributed by atoms with E-state index in [0.717, 1.165) is 45.1 Å². The Bertz CT molecular complexity index is 402. The van der Waals surface area contributed by atoms with Crippen LogP contribution in [-0.2, 0) is 11.3 Å². The lowest BCUT2D eigenvalue weighted by atomic mass is 10.2. The molecule has 5 heteroatoms.